The summed E-state index contributed by atoms with van der Waals surface area (Å²) in [6.45, 7) is 0. The van der Waals surface area contributed by atoms with Crippen LogP contribution in [0.4, 0.5) is 19.0 Å². The van der Waals surface area contributed by atoms with Crippen LogP contribution in [0.15, 0.2) is 17.0 Å². The van der Waals surface area contributed by atoms with Gasteiger partial charge in [0.05, 0.1) is 5.39 Å². The summed E-state index contributed by atoms with van der Waals surface area (Å²) in [5.41, 5.74) is 5.58. The molecule has 0 radical (unpaired) electrons. The molecule has 0 amide bonds. The standard InChI is InChI=1S/C8H6BrF3N4/c9-3-1-16(6(12)5(10)11)8-4(3)7(13)14-2-15-8/h1-2,5-6H,(H2,13,14,15). The Morgan fingerprint density at radius 1 is 1.31 bits per heavy atom. The smallest absolute Gasteiger partial charge is 0.288 e. The van der Waals surface area contributed by atoms with E-state index in [0.29, 0.717) is 9.86 Å². The molecule has 0 saturated heterocycles. The molecule has 0 aromatic carbocycles. The molecule has 16 heavy (non-hydrogen) atoms. The molecule has 0 bridgehead atoms. The van der Waals surface area contributed by atoms with Crippen molar-refractivity contribution in [3.05, 3.63) is 17.0 Å². The van der Waals surface area contributed by atoms with E-state index in [1.54, 1.807) is 0 Å². The maximum Gasteiger partial charge on any atom is 0.288 e. The maximum absolute atomic E-state index is 13.2. The predicted molar refractivity (Wildman–Crippen MR) is 55.8 cm³/mol. The van der Waals surface area contributed by atoms with Gasteiger partial charge in [0.25, 0.3) is 6.43 Å². The lowest BCUT2D eigenvalue weighted by atomic mass is 10.4. The molecule has 2 aromatic rings. The van der Waals surface area contributed by atoms with Crippen LogP contribution in [0.25, 0.3) is 11.0 Å². The van der Waals surface area contributed by atoms with Crippen molar-refractivity contribution in [2.45, 2.75) is 12.7 Å². The second-order valence-electron chi connectivity index (χ2n) is 3.05. The topological polar surface area (TPSA) is 56.7 Å². The maximum atomic E-state index is 13.2. The van der Waals surface area contributed by atoms with Gasteiger partial charge in [-0.1, -0.05) is 0 Å². The van der Waals surface area contributed by atoms with Crippen molar-refractivity contribution in [1.29, 1.82) is 0 Å². The third-order valence-corrected chi connectivity index (χ3v) is 2.67. The van der Waals surface area contributed by atoms with Gasteiger partial charge < -0.3 is 5.73 Å². The van der Waals surface area contributed by atoms with Crippen LogP contribution in [-0.4, -0.2) is 21.0 Å². The minimum Gasteiger partial charge on any atom is -0.383 e. The Morgan fingerprint density at radius 2 is 2.00 bits per heavy atom. The van der Waals surface area contributed by atoms with Crippen LogP contribution < -0.4 is 5.73 Å². The zero-order chi connectivity index (χ0) is 11.9. The molecule has 0 fully saturated rings. The Balaban J connectivity index is 2.69. The lowest BCUT2D eigenvalue weighted by Gasteiger charge is -2.09. The Kier molecular flexibility index (Phi) is 2.75. The first kappa shape index (κ1) is 11.2. The van der Waals surface area contributed by atoms with Crippen molar-refractivity contribution in [2.24, 2.45) is 0 Å². The van der Waals surface area contributed by atoms with Crippen LogP contribution >= 0.6 is 15.9 Å². The monoisotopic (exact) mass is 294 g/mol. The molecule has 2 heterocycles. The van der Waals surface area contributed by atoms with Crippen LogP contribution in [0.2, 0.25) is 0 Å². The number of rotatable bonds is 2. The van der Waals surface area contributed by atoms with Crippen molar-refractivity contribution in [3.63, 3.8) is 0 Å². The summed E-state index contributed by atoms with van der Waals surface area (Å²) in [5, 5.41) is 0.325. The van der Waals surface area contributed by atoms with Crippen LogP contribution in [0, 0.1) is 0 Å². The molecule has 0 spiro atoms. The summed E-state index contributed by atoms with van der Waals surface area (Å²) < 4.78 is 38.9. The molecule has 0 aliphatic heterocycles. The van der Waals surface area contributed by atoms with Gasteiger partial charge in [0.2, 0.25) is 6.30 Å². The number of nitrogen functional groups attached to an aromatic ring is 1. The van der Waals surface area contributed by atoms with Crippen LogP contribution in [0.1, 0.15) is 6.30 Å². The van der Waals surface area contributed by atoms with E-state index in [1.807, 2.05) is 0 Å². The summed E-state index contributed by atoms with van der Waals surface area (Å²) in [4.78, 5) is 7.43. The Labute approximate surface area is 96.4 Å². The number of nitrogens with zero attached hydrogens (tertiary/aromatic N) is 3. The number of halogens is 4. The molecule has 86 valence electrons. The highest BCUT2D eigenvalue weighted by molar-refractivity contribution is 9.10. The molecule has 0 aliphatic rings. The summed E-state index contributed by atoms with van der Waals surface area (Å²) in [5.74, 6) is 0.108. The van der Waals surface area contributed by atoms with Gasteiger partial charge in [0.1, 0.15) is 17.8 Å². The van der Waals surface area contributed by atoms with Crippen molar-refractivity contribution < 1.29 is 13.2 Å². The number of hydrogen-bond acceptors (Lipinski definition) is 3. The highest BCUT2D eigenvalue weighted by Gasteiger charge is 2.25. The fraction of sp³-hybridized carbons (Fsp3) is 0.250. The van der Waals surface area contributed by atoms with E-state index in [9.17, 15) is 13.2 Å². The summed E-state index contributed by atoms with van der Waals surface area (Å²) >= 11 is 3.09. The molecule has 1 atom stereocenters. The van der Waals surface area contributed by atoms with Gasteiger partial charge in [-0.05, 0) is 15.9 Å². The zero-order valence-electron chi connectivity index (χ0n) is 7.74. The van der Waals surface area contributed by atoms with Crippen LogP contribution in [0.3, 0.4) is 0 Å². The zero-order valence-corrected chi connectivity index (χ0v) is 9.33. The molecule has 8 heteroatoms. The lowest BCUT2D eigenvalue weighted by molar-refractivity contribution is 0.0103. The molecule has 4 nitrogen and oxygen atoms in total. The van der Waals surface area contributed by atoms with E-state index in [-0.39, 0.29) is 11.5 Å². The van der Waals surface area contributed by atoms with Crippen LogP contribution in [-0.2, 0) is 0 Å². The highest BCUT2D eigenvalue weighted by Crippen LogP contribution is 2.32. The van der Waals surface area contributed by atoms with Crippen molar-refractivity contribution in [2.75, 3.05) is 5.73 Å². The van der Waals surface area contributed by atoms with E-state index in [1.165, 1.54) is 6.20 Å². The fourth-order valence-corrected chi connectivity index (χ4v) is 1.97. The van der Waals surface area contributed by atoms with Gasteiger partial charge in [-0.2, -0.15) is 0 Å². The molecule has 2 aromatic heterocycles. The number of aromatic nitrogens is 3. The average molecular weight is 295 g/mol. The minimum absolute atomic E-state index is 0.0344. The first-order valence-corrected chi connectivity index (χ1v) is 5.00. The highest BCUT2D eigenvalue weighted by atomic mass is 79.9. The fourth-order valence-electron chi connectivity index (χ4n) is 1.37. The second-order valence-corrected chi connectivity index (χ2v) is 3.90. The minimum atomic E-state index is -3.13. The lowest BCUT2D eigenvalue weighted by Crippen LogP contribution is -2.11. The Hall–Kier alpha value is -1.31. The van der Waals surface area contributed by atoms with Crippen LogP contribution in [0.5, 0.6) is 0 Å². The van der Waals surface area contributed by atoms with Gasteiger partial charge >= 0.3 is 0 Å². The number of nitrogens with two attached hydrogens (primary N) is 1. The van der Waals surface area contributed by atoms with E-state index < -0.39 is 12.7 Å². The number of fused-ring (bicyclic) bond motifs is 1. The Bertz CT molecular complexity index is 527. The SMILES string of the molecule is Nc1ncnc2c1c(Br)cn2C(F)C(F)F. The number of alkyl halides is 3. The molecule has 0 aliphatic carbocycles. The van der Waals surface area contributed by atoms with E-state index in [4.69, 9.17) is 5.73 Å². The first-order chi connectivity index (χ1) is 7.52. The summed E-state index contributed by atoms with van der Waals surface area (Å²) in [7, 11) is 0. The number of anilines is 1. The van der Waals surface area contributed by atoms with Crippen molar-refractivity contribution in [3.8, 4) is 0 Å². The quantitative estimate of drug-likeness (QED) is 0.926. The van der Waals surface area contributed by atoms with Gasteiger partial charge in [0, 0.05) is 10.7 Å². The normalized spacial score (nSPS) is 13.6. The molecule has 1 unspecified atom stereocenters. The van der Waals surface area contributed by atoms with Crippen molar-refractivity contribution in [1.82, 2.24) is 14.5 Å². The van der Waals surface area contributed by atoms with E-state index >= 15 is 0 Å². The first-order valence-electron chi connectivity index (χ1n) is 4.21. The summed E-state index contributed by atoms with van der Waals surface area (Å²) in [6.07, 6.45) is -3.31. The Morgan fingerprint density at radius 3 is 2.62 bits per heavy atom. The van der Waals surface area contributed by atoms with Crippen molar-refractivity contribution >= 4 is 32.8 Å². The number of hydrogen-bond donors (Lipinski definition) is 1. The van der Waals surface area contributed by atoms with E-state index in [0.717, 1.165) is 10.9 Å². The molecular formula is C8H6BrF3N4. The van der Waals surface area contributed by atoms with Gasteiger partial charge in [-0.3, -0.25) is 4.57 Å². The third-order valence-electron chi connectivity index (χ3n) is 2.07. The molecule has 2 rings (SSSR count). The molecule has 0 saturated carbocycles. The largest absolute Gasteiger partial charge is 0.383 e. The predicted octanol–water partition coefficient (Wildman–Crippen LogP) is 2.51. The third kappa shape index (κ3) is 1.62. The van der Waals surface area contributed by atoms with Gasteiger partial charge in [0.15, 0.2) is 0 Å². The average Bonchev–Trinajstić information content (AvgIpc) is 2.56. The van der Waals surface area contributed by atoms with Gasteiger partial charge in [-0.25, -0.2) is 23.1 Å². The molecule has 2 N–H and O–H groups in total. The van der Waals surface area contributed by atoms with E-state index in [2.05, 4.69) is 25.9 Å². The van der Waals surface area contributed by atoms with Gasteiger partial charge in [-0.15, -0.1) is 0 Å². The second kappa shape index (κ2) is 3.93. The molecular weight excluding hydrogens is 289 g/mol. The summed E-state index contributed by atoms with van der Waals surface area (Å²) in [6, 6.07) is 0.